The molecule has 0 aliphatic carbocycles. The molecule has 0 N–H and O–H groups in total. The highest BCUT2D eigenvalue weighted by atomic mass is 14.1. The van der Waals surface area contributed by atoms with Crippen LogP contribution in [-0.4, -0.2) is 0 Å². The Bertz CT molecular complexity index is 274. The van der Waals surface area contributed by atoms with Crippen LogP contribution in [0.1, 0.15) is 48.4 Å². The van der Waals surface area contributed by atoms with Crippen LogP contribution in [0.4, 0.5) is 0 Å². The van der Waals surface area contributed by atoms with Crippen molar-refractivity contribution in [3.05, 3.63) is 34.4 Å². The van der Waals surface area contributed by atoms with E-state index in [2.05, 4.69) is 39.8 Å². The summed E-state index contributed by atoms with van der Waals surface area (Å²) in [5.74, 6) is 0. The van der Waals surface area contributed by atoms with Gasteiger partial charge in [-0.15, -0.1) is 0 Å². The number of benzene rings is 1. The quantitative estimate of drug-likeness (QED) is 0.619. The third-order valence-electron chi connectivity index (χ3n) is 2.87. The minimum Gasteiger partial charge on any atom is -0.0654 e. The fourth-order valence-corrected chi connectivity index (χ4v) is 2.16. The van der Waals surface area contributed by atoms with E-state index < -0.39 is 0 Å². The zero-order valence-electron chi connectivity index (χ0n) is 9.98. The van der Waals surface area contributed by atoms with E-state index in [9.17, 15) is 0 Å². The summed E-state index contributed by atoms with van der Waals surface area (Å²) < 4.78 is 0. The molecule has 0 heterocycles. The largest absolute Gasteiger partial charge is 0.0654 e. The van der Waals surface area contributed by atoms with Gasteiger partial charge in [-0.3, -0.25) is 0 Å². The molecule has 0 aliphatic rings. The first-order valence-corrected chi connectivity index (χ1v) is 5.72. The van der Waals surface area contributed by atoms with Gasteiger partial charge in [-0.05, 0) is 50.3 Å². The standard InChI is InChI=1S/C14H22/c1-5-6-7-8-14-12(3)9-11(2)10-13(14)4/h9-10H,5-8H2,1-4H3. The summed E-state index contributed by atoms with van der Waals surface area (Å²) in [5.41, 5.74) is 5.90. The van der Waals surface area contributed by atoms with E-state index in [0.29, 0.717) is 0 Å². The lowest BCUT2D eigenvalue weighted by Crippen LogP contribution is -1.95. The van der Waals surface area contributed by atoms with Crippen LogP contribution >= 0.6 is 0 Å². The van der Waals surface area contributed by atoms with Crippen LogP contribution in [0.5, 0.6) is 0 Å². The molecular weight excluding hydrogens is 168 g/mol. The van der Waals surface area contributed by atoms with E-state index in [1.54, 1.807) is 5.56 Å². The van der Waals surface area contributed by atoms with Crippen molar-refractivity contribution < 1.29 is 0 Å². The van der Waals surface area contributed by atoms with Gasteiger partial charge in [-0.2, -0.15) is 0 Å². The van der Waals surface area contributed by atoms with Crippen molar-refractivity contribution in [2.45, 2.75) is 53.4 Å². The lowest BCUT2D eigenvalue weighted by molar-refractivity contribution is 0.713. The molecule has 0 unspecified atom stereocenters. The molecule has 78 valence electrons. The second-order valence-electron chi connectivity index (χ2n) is 4.33. The molecular formula is C14H22. The second-order valence-corrected chi connectivity index (χ2v) is 4.33. The third-order valence-corrected chi connectivity index (χ3v) is 2.87. The summed E-state index contributed by atoms with van der Waals surface area (Å²) in [6.45, 7) is 8.91. The van der Waals surface area contributed by atoms with Crippen LogP contribution in [0.25, 0.3) is 0 Å². The molecule has 0 saturated heterocycles. The fraction of sp³-hybridized carbons (Fsp3) is 0.571. The van der Waals surface area contributed by atoms with Crippen molar-refractivity contribution in [1.29, 1.82) is 0 Å². The molecule has 1 rings (SSSR count). The Hall–Kier alpha value is -0.780. The monoisotopic (exact) mass is 190 g/mol. The van der Waals surface area contributed by atoms with Crippen molar-refractivity contribution in [3.8, 4) is 0 Å². The van der Waals surface area contributed by atoms with E-state index >= 15 is 0 Å². The van der Waals surface area contributed by atoms with Gasteiger partial charge < -0.3 is 0 Å². The van der Waals surface area contributed by atoms with Gasteiger partial charge in [-0.25, -0.2) is 0 Å². The molecule has 0 nitrogen and oxygen atoms in total. The van der Waals surface area contributed by atoms with Crippen molar-refractivity contribution in [2.24, 2.45) is 0 Å². The Morgan fingerprint density at radius 3 is 2.00 bits per heavy atom. The normalized spacial score (nSPS) is 10.6. The summed E-state index contributed by atoms with van der Waals surface area (Å²) in [6, 6.07) is 4.60. The molecule has 0 aromatic heterocycles. The first-order chi connectivity index (χ1) is 6.65. The number of hydrogen-bond acceptors (Lipinski definition) is 0. The number of aryl methyl sites for hydroxylation is 3. The highest BCUT2D eigenvalue weighted by Gasteiger charge is 2.02. The Balaban J connectivity index is 2.75. The maximum absolute atomic E-state index is 2.30. The average molecular weight is 190 g/mol. The molecule has 0 spiro atoms. The molecule has 0 atom stereocenters. The van der Waals surface area contributed by atoms with E-state index in [0.717, 1.165) is 0 Å². The van der Waals surface area contributed by atoms with Crippen molar-refractivity contribution in [1.82, 2.24) is 0 Å². The van der Waals surface area contributed by atoms with E-state index in [4.69, 9.17) is 0 Å². The first kappa shape index (κ1) is 11.3. The second kappa shape index (κ2) is 5.19. The molecule has 0 aliphatic heterocycles. The summed E-state index contributed by atoms with van der Waals surface area (Å²) in [6.07, 6.45) is 5.25. The van der Waals surface area contributed by atoms with Crippen molar-refractivity contribution in [3.63, 3.8) is 0 Å². The first-order valence-electron chi connectivity index (χ1n) is 5.72. The Morgan fingerprint density at radius 2 is 1.50 bits per heavy atom. The molecule has 1 aromatic carbocycles. The minimum atomic E-state index is 1.26. The summed E-state index contributed by atoms with van der Waals surface area (Å²) in [7, 11) is 0. The molecule has 1 aromatic rings. The molecule has 0 bridgehead atoms. The zero-order chi connectivity index (χ0) is 10.6. The predicted octanol–water partition coefficient (Wildman–Crippen LogP) is 4.34. The number of unbranched alkanes of at least 4 members (excludes halogenated alkanes) is 2. The predicted molar refractivity (Wildman–Crippen MR) is 63.9 cm³/mol. The maximum atomic E-state index is 2.30. The Morgan fingerprint density at radius 1 is 0.929 bits per heavy atom. The van der Waals surface area contributed by atoms with Gasteiger partial charge in [0.1, 0.15) is 0 Å². The van der Waals surface area contributed by atoms with Gasteiger partial charge in [0.25, 0.3) is 0 Å². The Kier molecular flexibility index (Phi) is 4.19. The van der Waals surface area contributed by atoms with Gasteiger partial charge >= 0.3 is 0 Å². The molecule has 0 radical (unpaired) electrons. The smallest absolute Gasteiger partial charge is 0.0274 e. The lowest BCUT2D eigenvalue weighted by Gasteiger charge is -2.10. The number of hydrogen-bond donors (Lipinski definition) is 0. The minimum absolute atomic E-state index is 1.26. The van der Waals surface area contributed by atoms with E-state index in [1.165, 1.54) is 42.4 Å². The van der Waals surface area contributed by atoms with Gasteiger partial charge in [-0.1, -0.05) is 37.5 Å². The highest BCUT2D eigenvalue weighted by Crippen LogP contribution is 2.18. The van der Waals surface area contributed by atoms with Crippen LogP contribution in [0, 0.1) is 20.8 Å². The van der Waals surface area contributed by atoms with Gasteiger partial charge in [0.15, 0.2) is 0 Å². The number of rotatable bonds is 4. The maximum Gasteiger partial charge on any atom is -0.0274 e. The van der Waals surface area contributed by atoms with Crippen LogP contribution in [0.2, 0.25) is 0 Å². The van der Waals surface area contributed by atoms with Crippen LogP contribution in [0.15, 0.2) is 12.1 Å². The third kappa shape index (κ3) is 2.87. The van der Waals surface area contributed by atoms with E-state index in [1.807, 2.05) is 0 Å². The zero-order valence-corrected chi connectivity index (χ0v) is 9.98. The van der Waals surface area contributed by atoms with Crippen LogP contribution < -0.4 is 0 Å². The van der Waals surface area contributed by atoms with Gasteiger partial charge in [0.05, 0.1) is 0 Å². The summed E-state index contributed by atoms with van der Waals surface area (Å²) in [4.78, 5) is 0. The van der Waals surface area contributed by atoms with Crippen LogP contribution in [-0.2, 0) is 6.42 Å². The summed E-state index contributed by atoms with van der Waals surface area (Å²) >= 11 is 0. The molecule has 0 heteroatoms. The topological polar surface area (TPSA) is 0 Å². The van der Waals surface area contributed by atoms with Gasteiger partial charge in [0.2, 0.25) is 0 Å². The lowest BCUT2D eigenvalue weighted by atomic mass is 9.95. The van der Waals surface area contributed by atoms with Crippen molar-refractivity contribution in [2.75, 3.05) is 0 Å². The van der Waals surface area contributed by atoms with Crippen molar-refractivity contribution >= 4 is 0 Å². The highest BCUT2D eigenvalue weighted by molar-refractivity contribution is 5.37. The van der Waals surface area contributed by atoms with Crippen LogP contribution in [0.3, 0.4) is 0 Å². The molecule has 0 amide bonds. The SMILES string of the molecule is CCCCCc1c(C)cc(C)cc1C. The van der Waals surface area contributed by atoms with Gasteiger partial charge in [0, 0.05) is 0 Å². The van der Waals surface area contributed by atoms with E-state index in [-0.39, 0.29) is 0 Å². The fourth-order valence-electron chi connectivity index (χ4n) is 2.16. The average Bonchev–Trinajstić information content (AvgIpc) is 2.09. The molecule has 14 heavy (non-hydrogen) atoms. The summed E-state index contributed by atoms with van der Waals surface area (Å²) in [5, 5.41) is 0. The Labute approximate surface area is 88.4 Å². The molecule has 0 fully saturated rings. The molecule has 0 saturated carbocycles.